The van der Waals surface area contributed by atoms with Crippen LogP contribution < -0.4 is 0 Å². The summed E-state index contributed by atoms with van der Waals surface area (Å²) in [6, 6.07) is 0. The molecule has 3 nitrogen and oxygen atoms in total. The maximum absolute atomic E-state index is 4.73. The van der Waals surface area contributed by atoms with Crippen LogP contribution in [0.1, 0.15) is 0 Å². The van der Waals surface area contributed by atoms with Gasteiger partial charge in [0.25, 0.3) is 0 Å². The highest BCUT2D eigenvalue weighted by Gasteiger charge is 1.68. The minimum Gasteiger partial charge on any atom is -0.470 e. The smallest absolute Gasteiger partial charge is 0.125 e. The molecule has 0 aromatic carbocycles. The Morgan fingerprint density at radius 2 is 1.00 bits per heavy atom. The third-order valence-electron chi connectivity index (χ3n) is 0.618. The average Bonchev–Trinajstić information content (AvgIpc) is 2.03. The number of hydrogen-bond donors (Lipinski definition) is 0. The molecular formula is C8H10O3. The highest BCUT2D eigenvalue weighted by Crippen LogP contribution is 1.83. The summed E-state index contributed by atoms with van der Waals surface area (Å²) < 4.78 is 13.9. The van der Waals surface area contributed by atoms with E-state index in [0.29, 0.717) is 0 Å². The first kappa shape index (κ1) is 9.36. The van der Waals surface area contributed by atoms with Crippen LogP contribution in [-0.4, -0.2) is 0 Å². The third kappa shape index (κ3) is 8.36. The molecule has 0 aliphatic heterocycles. The molecule has 0 saturated carbocycles. The van der Waals surface area contributed by atoms with Gasteiger partial charge in [0.05, 0.1) is 12.5 Å². The zero-order chi connectivity index (χ0) is 8.36. The molecule has 0 aromatic rings. The molecule has 3 heteroatoms. The van der Waals surface area contributed by atoms with Gasteiger partial charge in [-0.15, -0.1) is 0 Å². The predicted molar refractivity (Wildman–Crippen MR) is 41.9 cm³/mol. The first-order valence-electron chi connectivity index (χ1n) is 2.90. The van der Waals surface area contributed by atoms with Gasteiger partial charge in [-0.3, -0.25) is 0 Å². The molecule has 0 saturated heterocycles. The molecule has 0 atom stereocenters. The fourth-order valence-corrected chi connectivity index (χ4v) is 0.285. The van der Waals surface area contributed by atoms with E-state index in [4.69, 9.17) is 4.74 Å². The molecule has 0 rings (SSSR count). The largest absolute Gasteiger partial charge is 0.470 e. The molecule has 0 amide bonds. The van der Waals surface area contributed by atoms with Crippen LogP contribution in [0.3, 0.4) is 0 Å². The van der Waals surface area contributed by atoms with Crippen molar-refractivity contribution in [1.82, 2.24) is 0 Å². The minimum absolute atomic E-state index is 1.28. The fourth-order valence-electron chi connectivity index (χ4n) is 0.285. The summed E-state index contributed by atoms with van der Waals surface area (Å²) in [4.78, 5) is 0. The summed E-state index contributed by atoms with van der Waals surface area (Å²) in [6.07, 6.45) is 7.92. The van der Waals surface area contributed by atoms with Crippen LogP contribution in [-0.2, 0) is 14.2 Å². The summed E-state index contributed by atoms with van der Waals surface area (Å²) in [5.41, 5.74) is 0. The van der Waals surface area contributed by atoms with E-state index in [2.05, 4.69) is 22.6 Å². The predicted octanol–water partition coefficient (Wildman–Crippen LogP) is 2.27. The van der Waals surface area contributed by atoms with Crippen molar-refractivity contribution in [3.8, 4) is 0 Å². The van der Waals surface area contributed by atoms with Crippen molar-refractivity contribution in [2.75, 3.05) is 0 Å². The highest BCUT2D eigenvalue weighted by atomic mass is 16.5. The lowest BCUT2D eigenvalue weighted by Crippen LogP contribution is -1.69. The molecule has 11 heavy (non-hydrogen) atoms. The van der Waals surface area contributed by atoms with E-state index in [1.54, 1.807) is 0 Å². The monoisotopic (exact) mass is 154 g/mol. The molecule has 0 fully saturated rings. The van der Waals surface area contributed by atoms with Crippen molar-refractivity contribution < 1.29 is 14.2 Å². The Bertz CT molecular complexity index is 141. The molecule has 0 aliphatic rings. The van der Waals surface area contributed by atoms with Gasteiger partial charge >= 0.3 is 0 Å². The second kappa shape index (κ2) is 8.36. The Kier molecular flexibility index (Phi) is 7.11. The Morgan fingerprint density at radius 3 is 1.36 bits per heavy atom. The summed E-state index contributed by atoms with van der Waals surface area (Å²) in [5, 5.41) is 0. The summed E-state index contributed by atoms with van der Waals surface area (Å²) in [5.74, 6) is 0. The van der Waals surface area contributed by atoms with Crippen LogP contribution in [0.4, 0.5) is 0 Å². The normalized spacial score (nSPS) is 9.82. The molecule has 0 N–H and O–H groups in total. The van der Waals surface area contributed by atoms with Crippen molar-refractivity contribution in [3.63, 3.8) is 0 Å². The highest BCUT2D eigenvalue weighted by molar-refractivity contribution is 4.72. The van der Waals surface area contributed by atoms with Gasteiger partial charge in [-0.1, -0.05) is 13.2 Å². The van der Waals surface area contributed by atoms with Gasteiger partial charge in [0, 0.05) is 0 Å². The molecule has 0 aromatic heterocycles. The van der Waals surface area contributed by atoms with Crippen LogP contribution >= 0.6 is 0 Å². The van der Waals surface area contributed by atoms with Crippen molar-refractivity contribution in [2.45, 2.75) is 0 Å². The summed E-state index contributed by atoms with van der Waals surface area (Å²) >= 11 is 0. The van der Waals surface area contributed by atoms with Gasteiger partial charge in [-0.25, -0.2) is 0 Å². The maximum atomic E-state index is 4.73. The standard InChI is InChI=1S/C8H10O3/c1-3-9-5-7-11-8-6-10-4-2/h3-8H,1-2H2. The van der Waals surface area contributed by atoms with E-state index < -0.39 is 0 Å². The van der Waals surface area contributed by atoms with Crippen molar-refractivity contribution in [3.05, 3.63) is 50.7 Å². The SMILES string of the molecule is C=COC=COC=COC=C. The van der Waals surface area contributed by atoms with Crippen molar-refractivity contribution in [2.24, 2.45) is 0 Å². The van der Waals surface area contributed by atoms with Gasteiger partial charge in [-0.05, 0) is 0 Å². The van der Waals surface area contributed by atoms with Crippen LogP contribution in [0, 0.1) is 0 Å². The molecule has 0 unspecified atom stereocenters. The molecule has 60 valence electrons. The van der Waals surface area contributed by atoms with Crippen molar-refractivity contribution >= 4 is 0 Å². The third-order valence-corrected chi connectivity index (χ3v) is 0.618. The molecule has 0 radical (unpaired) electrons. The zero-order valence-electron chi connectivity index (χ0n) is 6.10. The number of hydrogen-bond acceptors (Lipinski definition) is 3. The molecule has 0 aliphatic carbocycles. The average molecular weight is 154 g/mol. The lowest BCUT2D eigenvalue weighted by atomic mass is 11.0. The first-order valence-corrected chi connectivity index (χ1v) is 2.90. The lowest BCUT2D eigenvalue weighted by Gasteiger charge is -1.89. The van der Waals surface area contributed by atoms with Gasteiger partial charge in [-0.2, -0.15) is 0 Å². The minimum atomic E-state index is 1.28. The summed E-state index contributed by atoms with van der Waals surface area (Å²) in [7, 11) is 0. The molecule has 0 spiro atoms. The van der Waals surface area contributed by atoms with E-state index in [1.807, 2.05) is 0 Å². The van der Waals surface area contributed by atoms with Gasteiger partial charge < -0.3 is 14.2 Å². The number of rotatable bonds is 6. The lowest BCUT2D eigenvalue weighted by molar-refractivity contribution is 0.323. The number of ether oxygens (including phenoxy) is 3. The van der Waals surface area contributed by atoms with Gasteiger partial charge in [0.2, 0.25) is 0 Å². The van der Waals surface area contributed by atoms with E-state index in [0.717, 1.165) is 0 Å². The van der Waals surface area contributed by atoms with E-state index in [-0.39, 0.29) is 0 Å². The Balaban J connectivity index is 3.24. The zero-order valence-corrected chi connectivity index (χ0v) is 6.10. The van der Waals surface area contributed by atoms with Crippen LogP contribution in [0.25, 0.3) is 0 Å². The van der Waals surface area contributed by atoms with E-state index >= 15 is 0 Å². The Labute approximate surface area is 65.9 Å². The second-order valence-electron chi connectivity index (χ2n) is 1.29. The van der Waals surface area contributed by atoms with Crippen LogP contribution in [0.5, 0.6) is 0 Å². The Morgan fingerprint density at radius 1 is 0.636 bits per heavy atom. The van der Waals surface area contributed by atoms with Crippen LogP contribution in [0.2, 0.25) is 0 Å². The quantitative estimate of drug-likeness (QED) is 0.549. The molecular weight excluding hydrogens is 144 g/mol. The molecule has 0 bridgehead atoms. The fraction of sp³-hybridized carbons (Fsp3) is 0. The first-order chi connectivity index (χ1) is 5.41. The maximum Gasteiger partial charge on any atom is 0.125 e. The second-order valence-corrected chi connectivity index (χ2v) is 1.29. The molecule has 0 heterocycles. The summed E-state index contributed by atoms with van der Waals surface area (Å²) in [6.45, 7) is 6.65. The van der Waals surface area contributed by atoms with E-state index in [9.17, 15) is 0 Å². The van der Waals surface area contributed by atoms with Gasteiger partial charge in [0.15, 0.2) is 0 Å². The topological polar surface area (TPSA) is 27.7 Å². The van der Waals surface area contributed by atoms with Gasteiger partial charge in [0.1, 0.15) is 25.0 Å². The van der Waals surface area contributed by atoms with E-state index in [1.165, 1.54) is 37.6 Å². The van der Waals surface area contributed by atoms with Crippen molar-refractivity contribution in [1.29, 1.82) is 0 Å². The van der Waals surface area contributed by atoms with Crippen LogP contribution in [0.15, 0.2) is 50.7 Å². The Hall–Kier alpha value is -1.64.